The van der Waals surface area contributed by atoms with Crippen LogP contribution in [0, 0.1) is 0 Å². The number of nitrogens with one attached hydrogen (secondary N) is 2. The number of rotatable bonds is 7. The van der Waals surface area contributed by atoms with Gasteiger partial charge in [0.25, 0.3) is 5.91 Å². The minimum Gasteiger partial charge on any atom is -0.379 e. The first-order valence-corrected chi connectivity index (χ1v) is 7.74. The molecule has 2 heterocycles. The van der Waals surface area contributed by atoms with Gasteiger partial charge in [0, 0.05) is 25.1 Å². The fraction of sp³-hybridized carbons (Fsp3) is 0.500. The van der Waals surface area contributed by atoms with E-state index in [1.54, 1.807) is 12.3 Å². The van der Waals surface area contributed by atoms with Crippen LogP contribution in [0.1, 0.15) is 29.6 Å². The van der Waals surface area contributed by atoms with Crippen molar-refractivity contribution < 1.29 is 14.3 Å². The van der Waals surface area contributed by atoms with Crippen molar-refractivity contribution >= 4 is 16.8 Å². The van der Waals surface area contributed by atoms with Gasteiger partial charge in [0.1, 0.15) is 0 Å². The van der Waals surface area contributed by atoms with Crippen molar-refractivity contribution in [3.63, 3.8) is 0 Å². The predicted molar refractivity (Wildman–Crippen MR) is 82.8 cm³/mol. The Kier molecular flexibility index (Phi) is 5.03. The lowest BCUT2D eigenvalue weighted by atomic mass is 10.1. The molecule has 3 rings (SSSR count). The van der Waals surface area contributed by atoms with E-state index in [2.05, 4.69) is 15.5 Å². The molecule has 22 heavy (non-hydrogen) atoms. The van der Waals surface area contributed by atoms with Crippen molar-refractivity contribution in [2.45, 2.75) is 25.4 Å². The Morgan fingerprint density at radius 3 is 3.32 bits per heavy atom. The largest absolute Gasteiger partial charge is 0.379 e. The molecule has 2 N–H and O–H groups in total. The van der Waals surface area contributed by atoms with Crippen LogP contribution in [0.25, 0.3) is 10.9 Å². The number of carbonyl (C=O) groups is 1. The lowest BCUT2D eigenvalue weighted by Gasteiger charge is -2.10. The number of fused-ring (bicyclic) bond motifs is 1. The van der Waals surface area contributed by atoms with Crippen LogP contribution in [0.4, 0.5) is 0 Å². The molecule has 1 aromatic carbocycles. The average Bonchev–Trinajstić information content (AvgIpc) is 3.20. The Morgan fingerprint density at radius 1 is 1.50 bits per heavy atom. The van der Waals surface area contributed by atoms with Crippen LogP contribution in [0.5, 0.6) is 0 Å². The van der Waals surface area contributed by atoms with Gasteiger partial charge in [-0.05, 0) is 25.3 Å². The maximum Gasteiger partial charge on any atom is 0.253 e. The monoisotopic (exact) mass is 303 g/mol. The molecule has 0 spiro atoms. The normalized spacial score (nSPS) is 17.9. The molecule has 118 valence electrons. The lowest BCUT2D eigenvalue weighted by molar-refractivity contribution is 0.0166. The number of aromatic amines is 1. The summed E-state index contributed by atoms with van der Waals surface area (Å²) in [5, 5.41) is 10.7. The van der Waals surface area contributed by atoms with Gasteiger partial charge in [0.15, 0.2) is 0 Å². The van der Waals surface area contributed by atoms with E-state index >= 15 is 0 Å². The third-order valence-electron chi connectivity index (χ3n) is 3.80. The molecule has 0 radical (unpaired) electrons. The molecular formula is C16H21N3O3. The second kappa shape index (κ2) is 7.38. The molecule has 1 saturated heterocycles. The van der Waals surface area contributed by atoms with Crippen molar-refractivity contribution in [1.29, 1.82) is 0 Å². The molecule has 6 nitrogen and oxygen atoms in total. The standard InChI is InChI=1S/C16H21N3O3/c20-16(14-6-1-4-12-10-18-19-15(12)14)17-7-3-8-21-11-13-5-2-9-22-13/h1,4,6,10,13H,2-3,5,7-9,11H2,(H,17,20)(H,18,19). The van der Waals surface area contributed by atoms with Gasteiger partial charge in [0.05, 0.1) is 30.0 Å². The first kappa shape index (κ1) is 15.0. The van der Waals surface area contributed by atoms with Crippen LogP contribution < -0.4 is 5.32 Å². The molecule has 1 aromatic heterocycles. The van der Waals surface area contributed by atoms with E-state index in [0.717, 1.165) is 36.8 Å². The summed E-state index contributed by atoms with van der Waals surface area (Å²) in [5.41, 5.74) is 1.39. The Labute approximate surface area is 129 Å². The summed E-state index contributed by atoms with van der Waals surface area (Å²) in [5.74, 6) is -0.0889. The van der Waals surface area contributed by atoms with Crippen molar-refractivity contribution in [3.05, 3.63) is 30.0 Å². The van der Waals surface area contributed by atoms with Crippen molar-refractivity contribution in [2.24, 2.45) is 0 Å². The Balaban J connectivity index is 1.38. The molecule has 1 amide bonds. The van der Waals surface area contributed by atoms with Gasteiger partial charge in [-0.3, -0.25) is 9.89 Å². The maximum absolute atomic E-state index is 12.2. The third kappa shape index (κ3) is 3.64. The Morgan fingerprint density at radius 2 is 2.45 bits per heavy atom. The van der Waals surface area contributed by atoms with E-state index in [0.29, 0.717) is 25.3 Å². The molecular weight excluding hydrogens is 282 g/mol. The summed E-state index contributed by atoms with van der Waals surface area (Å²) in [4.78, 5) is 12.2. The first-order chi connectivity index (χ1) is 10.8. The van der Waals surface area contributed by atoms with Crippen molar-refractivity contribution in [1.82, 2.24) is 15.5 Å². The number of aromatic nitrogens is 2. The highest BCUT2D eigenvalue weighted by Gasteiger charge is 2.15. The Bertz CT molecular complexity index is 620. The molecule has 6 heteroatoms. The number of hydrogen-bond acceptors (Lipinski definition) is 4. The minimum atomic E-state index is -0.0889. The highest BCUT2D eigenvalue weighted by Crippen LogP contribution is 2.15. The van der Waals surface area contributed by atoms with Gasteiger partial charge in [-0.2, -0.15) is 5.10 Å². The van der Waals surface area contributed by atoms with Gasteiger partial charge in [0.2, 0.25) is 0 Å². The summed E-state index contributed by atoms with van der Waals surface area (Å²) in [7, 11) is 0. The van der Waals surface area contributed by atoms with Crippen LogP contribution in [0.3, 0.4) is 0 Å². The van der Waals surface area contributed by atoms with Crippen LogP contribution in [-0.2, 0) is 9.47 Å². The van der Waals surface area contributed by atoms with Crippen LogP contribution >= 0.6 is 0 Å². The number of H-pyrrole nitrogens is 1. The topological polar surface area (TPSA) is 76.2 Å². The molecule has 1 atom stereocenters. The summed E-state index contributed by atoms with van der Waals surface area (Å²) in [6, 6.07) is 5.58. The van der Waals surface area contributed by atoms with Gasteiger partial charge in [-0.1, -0.05) is 12.1 Å². The highest BCUT2D eigenvalue weighted by atomic mass is 16.5. The maximum atomic E-state index is 12.2. The smallest absolute Gasteiger partial charge is 0.253 e. The summed E-state index contributed by atoms with van der Waals surface area (Å²) >= 11 is 0. The van der Waals surface area contributed by atoms with Gasteiger partial charge < -0.3 is 14.8 Å². The zero-order chi connectivity index (χ0) is 15.2. The number of nitrogens with zero attached hydrogens (tertiary/aromatic N) is 1. The zero-order valence-corrected chi connectivity index (χ0v) is 12.5. The molecule has 1 unspecified atom stereocenters. The second-order valence-corrected chi connectivity index (χ2v) is 5.46. The first-order valence-electron chi connectivity index (χ1n) is 7.74. The molecule has 0 aliphatic carbocycles. The fourth-order valence-corrected chi connectivity index (χ4v) is 2.62. The van der Waals surface area contributed by atoms with Gasteiger partial charge in [-0.25, -0.2) is 0 Å². The van der Waals surface area contributed by atoms with Crippen LogP contribution in [0.15, 0.2) is 24.4 Å². The number of para-hydroxylation sites is 1. The van der Waals surface area contributed by atoms with E-state index in [1.165, 1.54) is 0 Å². The third-order valence-corrected chi connectivity index (χ3v) is 3.80. The number of carbonyl (C=O) groups excluding carboxylic acids is 1. The molecule has 1 fully saturated rings. The molecule has 1 aliphatic heterocycles. The SMILES string of the molecule is O=C(NCCCOCC1CCCO1)c1cccc2cn[nH]c12. The van der Waals surface area contributed by atoms with Crippen molar-refractivity contribution in [3.8, 4) is 0 Å². The average molecular weight is 303 g/mol. The van der Waals surface area contributed by atoms with Crippen molar-refractivity contribution in [2.75, 3.05) is 26.4 Å². The lowest BCUT2D eigenvalue weighted by Crippen LogP contribution is -2.26. The second-order valence-electron chi connectivity index (χ2n) is 5.46. The van der Waals surface area contributed by atoms with E-state index in [9.17, 15) is 4.79 Å². The number of ether oxygens (including phenoxy) is 2. The quantitative estimate of drug-likeness (QED) is 0.766. The van der Waals surface area contributed by atoms with E-state index in [1.807, 2.05) is 12.1 Å². The summed E-state index contributed by atoms with van der Waals surface area (Å²) in [6.07, 6.45) is 4.98. The zero-order valence-electron chi connectivity index (χ0n) is 12.5. The van der Waals surface area contributed by atoms with E-state index in [-0.39, 0.29) is 12.0 Å². The van der Waals surface area contributed by atoms with E-state index < -0.39 is 0 Å². The minimum absolute atomic E-state index is 0.0889. The molecule has 0 saturated carbocycles. The summed E-state index contributed by atoms with van der Waals surface area (Å²) < 4.78 is 11.1. The number of amides is 1. The highest BCUT2D eigenvalue weighted by molar-refractivity contribution is 6.05. The van der Waals surface area contributed by atoms with Crippen LogP contribution in [0.2, 0.25) is 0 Å². The Hall–Kier alpha value is -1.92. The predicted octanol–water partition coefficient (Wildman–Crippen LogP) is 1.88. The van der Waals surface area contributed by atoms with Gasteiger partial charge in [-0.15, -0.1) is 0 Å². The molecule has 2 aromatic rings. The summed E-state index contributed by atoms with van der Waals surface area (Å²) in [6.45, 7) is 2.73. The van der Waals surface area contributed by atoms with Crippen LogP contribution in [-0.4, -0.2) is 48.6 Å². The number of benzene rings is 1. The fourth-order valence-electron chi connectivity index (χ4n) is 2.62. The number of hydrogen-bond donors (Lipinski definition) is 2. The molecule has 0 bridgehead atoms. The van der Waals surface area contributed by atoms with Gasteiger partial charge >= 0.3 is 0 Å². The molecule has 1 aliphatic rings. The van der Waals surface area contributed by atoms with E-state index in [4.69, 9.17) is 9.47 Å².